The summed E-state index contributed by atoms with van der Waals surface area (Å²) in [5.41, 5.74) is 0. The van der Waals surface area contributed by atoms with E-state index >= 15 is 0 Å². The minimum absolute atomic E-state index is 0.0657. The molecule has 1 amide bonds. The molecule has 0 aromatic heterocycles. The summed E-state index contributed by atoms with van der Waals surface area (Å²) in [6.07, 6.45) is 6.06. The van der Waals surface area contributed by atoms with E-state index in [-0.39, 0.29) is 5.91 Å². The molecule has 15 heavy (non-hydrogen) atoms. The molecule has 0 aliphatic heterocycles. The van der Waals surface area contributed by atoms with Crippen molar-refractivity contribution in [3.8, 4) is 0 Å². The third-order valence-electron chi connectivity index (χ3n) is 1.76. The summed E-state index contributed by atoms with van der Waals surface area (Å²) in [5.74, 6) is -0.504. The van der Waals surface area contributed by atoms with Gasteiger partial charge in [0.1, 0.15) is 0 Å². The van der Waals surface area contributed by atoms with Gasteiger partial charge >= 0.3 is 5.97 Å². The van der Waals surface area contributed by atoms with Crippen molar-refractivity contribution in [3.05, 3.63) is 12.3 Å². The van der Waals surface area contributed by atoms with Crippen LogP contribution in [-0.2, 0) is 14.3 Å². The molecule has 0 unspecified atom stereocenters. The van der Waals surface area contributed by atoms with Gasteiger partial charge in [0.05, 0.1) is 6.61 Å². The number of rotatable bonds is 7. The lowest BCUT2D eigenvalue weighted by Crippen LogP contribution is -2.17. The van der Waals surface area contributed by atoms with Crippen molar-refractivity contribution in [2.75, 3.05) is 6.61 Å². The van der Waals surface area contributed by atoms with E-state index < -0.39 is 5.97 Å². The third-order valence-corrected chi connectivity index (χ3v) is 1.76. The summed E-state index contributed by atoms with van der Waals surface area (Å²) in [6.45, 7) is 4.15. The van der Waals surface area contributed by atoms with Crippen molar-refractivity contribution in [1.82, 2.24) is 5.32 Å². The van der Waals surface area contributed by atoms with Crippen LogP contribution in [-0.4, -0.2) is 18.5 Å². The van der Waals surface area contributed by atoms with Gasteiger partial charge in [0, 0.05) is 18.7 Å². The first kappa shape index (κ1) is 13.7. The largest absolute Gasteiger partial charge is 0.463 e. The van der Waals surface area contributed by atoms with Crippen LogP contribution >= 0.6 is 0 Å². The van der Waals surface area contributed by atoms with Crippen molar-refractivity contribution in [1.29, 1.82) is 0 Å². The lowest BCUT2D eigenvalue weighted by Gasteiger charge is -1.99. The molecule has 0 rings (SSSR count). The van der Waals surface area contributed by atoms with Crippen molar-refractivity contribution in [3.63, 3.8) is 0 Å². The Hall–Kier alpha value is -1.32. The molecule has 0 fully saturated rings. The first-order valence-corrected chi connectivity index (χ1v) is 5.33. The molecule has 0 radical (unpaired) electrons. The molecule has 0 aliphatic carbocycles. The fraction of sp³-hybridized carbons (Fsp3) is 0.636. The average Bonchev–Trinajstić information content (AvgIpc) is 2.18. The summed E-state index contributed by atoms with van der Waals surface area (Å²) in [5, 5.41) is 2.51. The molecule has 1 N–H and O–H groups in total. The van der Waals surface area contributed by atoms with E-state index in [1.165, 1.54) is 12.3 Å². The monoisotopic (exact) mass is 213 g/mol. The maximum absolute atomic E-state index is 11.1. The fourth-order valence-corrected chi connectivity index (χ4v) is 1.00. The molecule has 86 valence electrons. The van der Waals surface area contributed by atoms with E-state index in [4.69, 9.17) is 0 Å². The highest BCUT2D eigenvalue weighted by atomic mass is 16.5. The Morgan fingerprint density at radius 3 is 2.60 bits per heavy atom. The Labute approximate surface area is 90.7 Å². The number of carbonyl (C=O) groups is 2. The summed E-state index contributed by atoms with van der Waals surface area (Å²) in [4.78, 5) is 22.0. The van der Waals surface area contributed by atoms with Crippen LogP contribution in [0.3, 0.4) is 0 Å². The van der Waals surface area contributed by atoms with Crippen LogP contribution in [0.2, 0.25) is 0 Å². The maximum Gasteiger partial charge on any atom is 0.332 e. The number of nitrogens with one attached hydrogen (secondary N) is 1. The first-order chi connectivity index (χ1) is 7.20. The van der Waals surface area contributed by atoms with Crippen LogP contribution < -0.4 is 5.32 Å². The Morgan fingerprint density at radius 2 is 2.00 bits per heavy atom. The lowest BCUT2D eigenvalue weighted by molar-refractivity contribution is -0.137. The van der Waals surface area contributed by atoms with Gasteiger partial charge in [-0.3, -0.25) is 4.79 Å². The summed E-state index contributed by atoms with van der Waals surface area (Å²) < 4.78 is 4.65. The van der Waals surface area contributed by atoms with Gasteiger partial charge in [0.25, 0.3) is 0 Å². The number of ether oxygens (including phenoxy) is 1. The molecular formula is C11H19NO3. The normalized spacial score (nSPS) is 10.3. The van der Waals surface area contributed by atoms with E-state index in [9.17, 15) is 9.59 Å². The van der Waals surface area contributed by atoms with Gasteiger partial charge in [-0.25, -0.2) is 4.79 Å². The van der Waals surface area contributed by atoms with Crippen LogP contribution in [0.15, 0.2) is 12.3 Å². The van der Waals surface area contributed by atoms with Gasteiger partial charge in [-0.2, -0.15) is 0 Å². The topological polar surface area (TPSA) is 55.4 Å². The van der Waals surface area contributed by atoms with Crippen molar-refractivity contribution in [2.45, 2.75) is 39.5 Å². The van der Waals surface area contributed by atoms with Gasteiger partial charge < -0.3 is 10.1 Å². The lowest BCUT2D eigenvalue weighted by atomic mass is 10.2. The molecule has 0 aromatic rings. The van der Waals surface area contributed by atoms with Crippen LogP contribution in [0.4, 0.5) is 0 Å². The Bertz CT molecular complexity index is 224. The highest BCUT2D eigenvalue weighted by Crippen LogP contribution is 1.97. The number of hydrogen-bond acceptors (Lipinski definition) is 3. The fourth-order valence-electron chi connectivity index (χ4n) is 1.00. The number of unbranched alkanes of at least 4 members (excludes halogenated alkanes) is 2. The maximum atomic E-state index is 11.1. The number of amides is 1. The Kier molecular flexibility index (Phi) is 8.43. The number of esters is 1. The highest BCUT2D eigenvalue weighted by Gasteiger charge is 1.98. The van der Waals surface area contributed by atoms with E-state index in [1.807, 2.05) is 0 Å². The van der Waals surface area contributed by atoms with Crippen molar-refractivity contribution < 1.29 is 14.3 Å². The summed E-state index contributed by atoms with van der Waals surface area (Å²) in [6, 6.07) is 0. The second-order valence-corrected chi connectivity index (χ2v) is 3.11. The standard InChI is InChI=1S/C11H19NO3/c1-3-5-6-7-10(13)12-9-8-11(14)15-4-2/h8-9H,3-7H2,1-2H3,(H,12,13)/b9-8-. The van der Waals surface area contributed by atoms with Gasteiger partial charge in [-0.05, 0) is 13.3 Å². The van der Waals surface area contributed by atoms with E-state index in [1.54, 1.807) is 6.92 Å². The van der Waals surface area contributed by atoms with E-state index in [2.05, 4.69) is 17.0 Å². The van der Waals surface area contributed by atoms with E-state index in [0.717, 1.165) is 19.3 Å². The first-order valence-electron chi connectivity index (χ1n) is 5.33. The molecule has 0 bridgehead atoms. The zero-order valence-electron chi connectivity index (χ0n) is 9.41. The molecule has 4 heteroatoms. The van der Waals surface area contributed by atoms with Gasteiger partial charge in [-0.15, -0.1) is 0 Å². The summed E-state index contributed by atoms with van der Waals surface area (Å²) in [7, 11) is 0. The highest BCUT2D eigenvalue weighted by molar-refractivity contribution is 5.83. The molecule has 0 atom stereocenters. The number of hydrogen-bond donors (Lipinski definition) is 1. The molecule has 0 aliphatic rings. The molecule has 0 heterocycles. The molecule has 0 saturated carbocycles. The average molecular weight is 213 g/mol. The molecule has 0 spiro atoms. The third kappa shape index (κ3) is 9.00. The predicted octanol–water partition coefficient (Wildman–Crippen LogP) is 1.76. The predicted molar refractivity (Wildman–Crippen MR) is 58.1 cm³/mol. The zero-order valence-corrected chi connectivity index (χ0v) is 9.41. The quantitative estimate of drug-likeness (QED) is 0.398. The minimum Gasteiger partial charge on any atom is -0.463 e. The smallest absolute Gasteiger partial charge is 0.332 e. The second kappa shape index (κ2) is 9.24. The van der Waals surface area contributed by atoms with Gasteiger partial charge in [0.2, 0.25) is 5.91 Å². The summed E-state index contributed by atoms with van der Waals surface area (Å²) >= 11 is 0. The van der Waals surface area contributed by atoms with Gasteiger partial charge in [0.15, 0.2) is 0 Å². The zero-order chi connectivity index (χ0) is 11.5. The van der Waals surface area contributed by atoms with Crippen molar-refractivity contribution >= 4 is 11.9 Å². The van der Waals surface area contributed by atoms with Crippen LogP contribution in [0.1, 0.15) is 39.5 Å². The van der Waals surface area contributed by atoms with Crippen LogP contribution in [0.25, 0.3) is 0 Å². The number of carbonyl (C=O) groups excluding carboxylic acids is 2. The van der Waals surface area contributed by atoms with Crippen LogP contribution in [0, 0.1) is 0 Å². The Balaban J connectivity index is 3.56. The molecule has 4 nitrogen and oxygen atoms in total. The van der Waals surface area contributed by atoms with Crippen LogP contribution in [0.5, 0.6) is 0 Å². The minimum atomic E-state index is -0.439. The van der Waals surface area contributed by atoms with E-state index in [0.29, 0.717) is 13.0 Å². The SMILES string of the molecule is CCCCCC(=O)N/C=C\C(=O)OCC. The van der Waals surface area contributed by atoms with Crippen molar-refractivity contribution in [2.24, 2.45) is 0 Å². The molecule has 0 aromatic carbocycles. The second-order valence-electron chi connectivity index (χ2n) is 3.11. The molecular weight excluding hydrogens is 194 g/mol. The molecule has 0 saturated heterocycles. The van der Waals surface area contributed by atoms with Gasteiger partial charge in [-0.1, -0.05) is 19.8 Å². The Morgan fingerprint density at radius 1 is 1.27 bits per heavy atom.